The Bertz CT molecular complexity index is 57.4. The van der Waals surface area contributed by atoms with Crippen molar-refractivity contribution in [1.29, 1.82) is 0 Å². The molecule has 0 unspecified atom stereocenters. The molecule has 0 amide bonds. The molecule has 0 aromatic rings. The molecule has 0 aromatic carbocycles. The van der Waals surface area contributed by atoms with Gasteiger partial charge >= 0.3 is 0 Å². The first-order valence-electron chi connectivity index (χ1n) is 3.66. The lowest BCUT2D eigenvalue weighted by atomic mass is 10.2. The maximum atomic E-state index is 2.48. The minimum Gasteiger partial charge on any atom is -0.301 e. The van der Waals surface area contributed by atoms with Crippen LogP contribution in [0.2, 0.25) is 0 Å². The average Bonchev–Trinajstić information content (AvgIpc) is 2.51. The molecule has 0 aromatic heterocycles. The second kappa shape index (κ2) is 3.08. The summed E-state index contributed by atoms with van der Waals surface area (Å²) in [6.45, 7) is 6.34. The van der Waals surface area contributed by atoms with Crippen LogP contribution in [-0.2, 0) is 0 Å². The number of rotatable bonds is 4. The number of unbranched alkanes of at least 4 members (excludes halogenated alkanes) is 2. The smallest absolute Gasteiger partial charge is 0.0110 e. The van der Waals surface area contributed by atoms with E-state index >= 15 is 0 Å². The molecular formula is C7H15N. The van der Waals surface area contributed by atoms with Crippen LogP contribution in [-0.4, -0.2) is 24.5 Å². The highest BCUT2D eigenvalue weighted by Gasteiger charge is 2.14. The van der Waals surface area contributed by atoms with Crippen LogP contribution in [0, 0.1) is 0 Å². The van der Waals surface area contributed by atoms with Crippen LogP contribution in [0.5, 0.6) is 0 Å². The Morgan fingerprint density at radius 3 is 2.50 bits per heavy atom. The van der Waals surface area contributed by atoms with Crippen LogP contribution in [0.4, 0.5) is 0 Å². The normalized spacial score (nSPS) is 19.1. The monoisotopic (exact) mass is 113 g/mol. The zero-order valence-corrected chi connectivity index (χ0v) is 5.69. The van der Waals surface area contributed by atoms with E-state index in [2.05, 4.69) is 11.8 Å². The van der Waals surface area contributed by atoms with Gasteiger partial charge in [0.2, 0.25) is 0 Å². The fourth-order valence-electron chi connectivity index (χ4n) is 0.880. The standard InChI is InChI=1S/C7H15N/c1-2-3-4-5-8-6-7-8/h2-7H2,1H3. The largest absolute Gasteiger partial charge is 0.301 e. The SMILES string of the molecule is CCCCCN1CC1. The Labute approximate surface area is 51.7 Å². The average molecular weight is 113 g/mol. The summed E-state index contributed by atoms with van der Waals surface area (Å²) in [7, 11) is 0. The van der Waals surface area contributed by atoms with Gasteiger partial charge in [0.1, 0.15) is 0 Å². The van der Waals surface area contributed by atoms with Crippen molar-refractivity contribution in [3.05, 3.63) is 0 Å². The Morgan fingerprint density at radius 1 is 1.25 bits per heavy atom. The summed E-state index contributed by atoms with van der Waals surface area (Å²) in [5.74, 6) is 0. The van der Waals surface area contributed by atoms with Gasteiger partial charge in [-0.05, 0) is 13.0 Å². The summed E-state index contributed by atoms with van der Waals surface area (Å²) in [4.78, 5) is 2.48. The summed E-state index contributed by atoms with van der Waals surface area (Å²) in [6, 6.07) is 0. The number of nitrogens with zero attached hydrogens (tertiary/aromatic N) is 1. The van der Waals surface area contributed by atoms with Gasteiger partial charge in [-0.25, -0.2) is 0 Å². The third-order valence-corrected chi connectivity index (χ3v) is 1.62. The molecule has 0 aliphatic carbocycles. The lowest BCUT2D eigenvalue weighted by molar-refractivity contribution is 0.517. The summed E-state index contributed by atoms with van der Waals surface area (Å²) in [5.41, 5.74) is 0. The van der Waals surface area contributed by atoms with Crippen molar-refractivity contribution >= 4 is 0 Å². The van der Waals surface area contributed by atoms with E-state index in [0.29, 0.717) is 0 Å². The Hall–Kier alpha value is -0.0400. The third kappa shape index (κ3) is 2.31. The Balaban J connectivity index is 1.74. The van der Waals surface area contributed by atoms with Crippen molar-refractivity contribution in [2.75, 3.05) is 19.6 Å². The van der Waals surface area contributed by atoms with Gasteiger partial charge in [0.15, 0.2) is 0 Å². The van der Waals surface area contributed by atoms with E-state index in [1.54, 1.807) is 0 Å². The predicted molar refractivity (Wildman–Crippen MR) is 36.0 cm³/mol. The quantitative estimate of drug-likeness (QED) is 0.394. The second-order valence-corrected chi connectivity index (χ2v) is 2.55. The Morgan fingerprint density at radius 2 is 2.00 bits per heavy atom. The van der Waals surface area contributed by atoms with Gasteiger partial charge in [-0.2, -0.15) is 0 Å². The summed E-state index contributed by atoms with van der Waals surface area (Å²) < 4.78 is 0. The van der Waals surface area contributed by atoms with E-state index in [0.717, 1.165) is 0 Å². The van der Waals surface area contributed by atoms with Crippen molar-refractivity contribution in [2.45, 2.75) is 26.2 Å². The maximum Gasteiger partial charge on any atom is 0.0110 e. The number of hydrogen-bond donors (Lipinski definition) is 0. The molecule has 1 heteroatoms. The molecule has 1 aliphatic heterocycles. The zero-order valence-electron chi connectivity index (χ0n) is 5.69. The van der Waals surface area contributed by atoms with Gasteiger partial charge in [0, 0.05) is 13.1 Å². The van der Waals surface area contributed by atoms with Crippen LogP contribution in [0.3, 0.4) is 0 Å². The molecule has 8 heavy (non-hydrogen) atoms. The maximum absolute atomic E-state index is 2.48. The summed E-state index contributed by atoms with van der Waals surface area (Å²) >= 11 is 0. The van der Waals surface area contributed by atoms with Crippen molar-refractivity contribution in [3.63, 3.8) is 0 Å². The first kappa shape index (κ1) is 6.09. The molecule has 0 spiro atoms. The van der Waals surface area contributed by atoms with Crippen LogP contribution in [0.1, 0.15) is 26.2 Å². The molecule has 0 radical (unpaired) electrons. The van der Waals surface area contributed by atoms with Gasteiger partial charge < -0.3 is 4.90 Å². The molecular weight excluding hydrogens is 98.1 g/mol. The molecule has 0 bridgehead atoms. The van der Waals surface area contributed by atoms with Crippen LogP contribution in [0.15, 0.2) is 0 Å². The second-order valence-electron chi connectivity index (χ2n) is 2.55. The molecule has 1 fully saturated rings. The lowest BCUT2D eigenvalue weighted by Crippen LogP contribution is -1.97. The van der Waals surface area contributed by atoms with Crippen LogP contribution >= 0.6 is 0 Å². The van der Waals surface area contributed by atoms with Crippen molar-refractivity contribution in [3.8, 4) is 0 Å². The third-order valence-electron chi connectivity index (χ3n) is 1.62. The minimum absolute atomic E-state index is 1.36. The van der Waals surface area contributed by atoms with E-state index in [1.165, 1.54) is 38.9 Å². The van der Waals surface area contributed by atoms with Gasteiger partial charge in [-0.3, -0.25) is 0 Å². The fourth-order valence-corrected chi connectivity index (χ4v) is 0.880. The predicted octanol–water partition coefficient (Wildman–Crippen LogP) is 1.49. The van der Waals surface area contributed by atoms with Crippen LogP contribution in [0.25, 0.3) is 0 Å². The van der Waals surface area contributed by atoms with Crippen molar-refractivity contribution in [2.24, 2.45) is 0 Å². The van der Waals surface area contributed by atoms with Crippen LogP contribution < -0.4 is 0 Å². The molecule has 1 nitrogen and oxygen atoms in total. The van der Waals surface area contributed by atoms with Crippen molar-refractivity contribution < 1.29 is 0 Å². The van der Waals surface area contributed by atoms with E-state index in [9.17, 15) is 0 Å². The number of hydrogen-bond acceptors (Lipinski definition) is 1. The van der Waals surface area contributed by atoms with E-state index in [1.807, 2.05) is 0 Å². The summed E-state index contributed by atoms with van der Waals surface area (Å²) in [6.07, 6.45) is 4.18. The molecule has 48 valence electrons. The molecule has 1 rings (SSSR count). The first-order valence-corrected chi connectivity index (χ1v) is 3.66. The highest BCUT2D eigenvalue weighted by Crippen LogP contribution is 2.05. The van der Waals surface area contributed by atoms with Gasteiger partial charge in [0.05, 0.1) is 0 Å². The van der Waals surface area contributed by atoms with E-state index in [-0.39, 0.29) is 0 Å². The fraction of sp³-hybridized carbons (Fsp3) is 1.00. The molecule has 1 saturated heterocycles. The summed E-state index contributed by atoms with van der Waals surface area (Å²) in [5, 5.41) is 0. The van der Waals surface area contributed by atoms with Crippen molar-refractivity contribution in [1.82, 2.24) is 4.90 Å². The molecule has 0 N–H and O–H groups in total. The van der Waals surface area contributed by atoms with E-state index in [4.69, 9.17) is 0 Å². The molecule has 0 atom stereocenters. The first-order chi connectivity index (χ1) is 3.93. The molecule has 1 aliphatic rings. The molecule has 1 heterocycles. The Kier molecular flexibility index (Phi) is 2.34. The topological polar surface area (TPSA) is 3.01 Å². The highest BCUT2D eigenvalue weighted by molar-refractivity contribution is 4.71. The van der Waals surface area contributed by atoms with E-state index < -0.39 is 0 Å². The zero-order chi connectivity index (χ0) is 5.82. The highest BCUT2D eigenvalue weighted by atomic mass is 15.2. The minimum atomic E-state index is 1.36. The lowest BCUT2D eigenvalue weighted by Gasteiger charge is -1.96. The van der Waals surface area contributed by atoms with Gasteiger partial charge in [-0.1, -0.05) is 19.8 Å². The molecule has 0 saturated carbocycles. The van der Waals surface area contributed by atoms with Gasteiger partial charge in [0.25, 0.3) is 0 Å². The van der Waals surface area contributed by atoms with Gasteiger partial charge in [-0.15, -0.1) is 0 Å².